The van der Waals surface area contributed by atoms with Crippen LogP contribution in [0.4, 0.5) is 10.5 Å². The molecule has 1 aromatic carbocycles. The van der Waals surface area contributed by atoms with Crippen molar-refractivity contribution in [1.82, 2.24) is 15.1 Å². The van der Waals surface area contributed by atoms with E-state index in [4.69, 9.17) is 0 Å². The molecule has 30 heavy (non-hydrogen) atoms. The number of aliphatic imine (C=N–C) groups is 1. The standard InChI is InChI=1S/C23H35N5OS/c1-24-21(28-14-15-30-23(18-28)10-3-2-4-11-23)25-17-19-8-7-9-20(16-19)26-22(29)27-12-5-6-13-27/h7-9,16H,2-6,10-15,17-18H2,1H3,(H,24,25)(H,26,29). The van der Waals surface area contributed by atoms with E-state index in [2.05, 4.69) is 44.4 Å². The summed E-state index contributed by atoms with van der Waals surface area (Å²) in [7, 11) is 1.88. The Morgan fingerprint density at radius 3 is 2.67 bits per heavy atom. The number of benzene rings is 1. The van der Waals surface area contributed by atoms with Gasteiger partial charge in [-0.2, -0.15) is 11.8 Å². The number of hydrogen-bond acceptors (Lipinski definition) is 3. The highest BCUT2D eigenvalue weighted by atomic mass is 32.2. The van der Waals surface area contributed by atoms with Gasteiger partial charge in [0.2, 0.25) is 0 Å². The molecule has 0 unspecified atom stereocenters. The molecule has 1 aromatic rings. The molecule has 1 spiro atoms. The maximum Gasteiger partial charge on any atom is 0.321 e. The lowest BCUT2D eigenvalue weighted by molar-refractivity contribution is 0.222. The highest BCUT2D eigenvalue weighted by Gasteiger charge is 2.38. The van der Waals surface area contributed by atoms with Gasteiger partial charge in [0, 0.05) is 56.0 Å². The van der Waals surface area contributed by atoms with Gasteiger partial charge in [-0.15, -0.1) is 0 Å². The topological polar surface area (TPSA) is 60.0 Å². The number of anilines is 1. The summed E-state index contributed by atoms with van der Waals surface area (Å²) in [5.74, 6) is 2.17. The average molecular weight is 430 g/mol. The van der Waals surface area contributed by atoms with Gasteiger partial charge < -0.3 is 20.4 Å². The fourth-order valence-electron chi connectivity index (χ4n) is 4.92. The molecule has 6 nitrogen and oxygen atoms in total. The average Bonchev–Trinajstić information content (AvgIpc) is 3.30. The van der Waals surface area contributed by atoms with Crippen molar-refractivity contribution in [2.75, 3.05) is 44.3 Å². The first-order valence-electron chi connectivity index (χ1n) is 11.4. The Morgan fingerprint density at radius 1 is 1.10 bits per heavy atom. The molecule has 3 aliphatic rings. The summed E-state index contributed by atoms with van der Waals surface area (Å²) in [6, 6.07) is 8.13. The predicted molar refractivity (Wildman–Crippen MR) is 126 cm³/mol. The molecule has 2 aliphatic heterocycles. The molecule has 2 saturated heterocycles. The molecule has 164 valence electrons. The lowest BCUT2D eigenvalue weighted by Crippen LogP contribution is -2.53. The van der Waals surface area contributed by atoms with Gasteiger partial charge in [0.15, 0.2) is 5.96 Å². The molecule has 7 heteroatoms. The number of rotatable bonds is 3. The number of nitrogens with one attached hydrogen (secondary N) is 2. The minimum absolute atomic E-state index is 0.0111. The molecule has 1 saturated carbocycles. The number of amides is 2. The van der Waals surface area contributed by atoms with Crippen molar-refractivity contribution in [2.45, 2.75) is 56.2 Å². The summed E-state index contributed by atoms with van der Waals surface area (Å²) in [5, 5.41) is 6.60. The fraction of sp³-hybridized carbons (Fsp3) is 0.652. The smallest absolute Gasteiger partial charge is 0.321 e. The van der Waals surface area contributed by atoms with Gasteiger partial charge in [0.1, 0.15) is 0 Å². The van der Waals surface area contributed by atoms with Crippen LogP contribution >= 0.6 is 11.8 Å². The molecule has 0 atom stereocenters. The van der Waals surface area contributed by atoms with E-state index in [-0.39, 0.29) is 6.03 Å². The second kappa shape index (κ2) is 9.94. The van der Waals surface area contributed by atoms with Gasteiger partial charge >= 0.3 is 6.03 Å². The van der Waals surface area contributed by atoms with Crippen LogP contribution in [0.3, 0.4) is 0 Å². The van der Waals surface area contributed by atoms with Crippen molar-refractivity contribution >= 4 is 29.4 Å². The van der Waals surface area contributed by atoms with Crippen molar-refractivity contribution in [3.8, 4) is 0 Å². The summed E-state index contributed by atoms with van der Waals surface area (Å²) >= 11 is 2.18. The summed E-state index contributed by atoms with van der Waals surface area (Å²) in [5.41, 5.74) is 2.01. The Labute approximate surface area is 184 Å². The van der Waals surface area contributed by atoms with Crippen molar-refractivity contribution in [2.24, 2.45) is 4.99 Å². The zero-order chi connectivity index (χ0) is 20.8. The van der Waals surface area contributed by atoms with Gasteiger partial charge in [-0.05, 0) is 43.4 Å². The molecule has 0 radical (unpaired) electrons. The van der Waals surface area contributed by atoms with Crippen molar-refractivity contribution < 1.29 is 4.79 Å². The van der Waals surface area contributed by atoms with Crippen LogP contribution in [0.15, 0.2) is 29.3 Å². The molecule has 4 rings (SSSR count). The third-order valence-corrected chi connectivity index (χ3v) is 8.08. The molecular formula is C23H35N5OS. The Kier molecular flexibility index (Phi) is 7.08. The number of nitrogens with zero attached hydrogens (tertiary/aromatic N) is 3. The summed E-state index contributed by atoms with van der Waals surface area (Å²) in [6.45, 7) is 4.58. The highest BCUT2D eigenvalue weighted by Crippen LogP contribution is 2.42. The van der Waals surface area contributed by atoms with E-state index in [0.29, 0.717) is 11.3 Å². The van der Waals surface area contributed by atoms with E-state index in [1.165, 1.54) is 37.9 Å². The number of likely N-dealkylation sites (tertiary alicyclic amines) is 1. The molecule has 1 aliphatic carbocycles. The van der Waals surface area contributed by atoms with E-state index in [1.54, 1.807) is 0 Å². The zero-order valence-corrected chi connectivity index (χ0v) is 19.0. The molecule has 2 amide bonds. The monoisotopic (exact) mass is 429 g/mol. The van der Waals surface area contributed by atoms with Crippen LogP contribution in [0.5, 0.6) is 0 Å². The minimum Gasteiger partial charge on any atom is -0.352 e. The Bertz CT molecular complexity index is 750. The van der Waals surface area contributed by atoms with Crippen LogP contribution in [-0.4, -0.2) is 65.5 Å². The van der Waals surface area contributed by atoms with Crippen molar-refractivity contribution in [3.05, 3.63) is 29.8 Å². The lowest BCUT2D eigenvalue weighted by Gasteiger charge is -2.45. The number of carbonyl (C=O) groups is 1. The third-order valence-electron chi connectivity index (χ3n) is 6.55. The third kappa shape index (κ3) is 5.23. The van der Waals surface area contributed by atoms with Crippen LogP contribution in [0.1, 0.15) is 50.5 Å². The van der Waals surface area contributed by atoms with Crippen LogP contribution in [-0.2, 0) is 6.54 Å². The van der Waals surface area contributed by atoms with Gasteiger partial charge in [-0.25, -0.2) is 4.79 Å². The molecule has 2 heterocycles. The predicted octanol–water partition coefficient (Wildman–Crippen LogP) is 4.14. The second-order valence-corrected chi connectivity index (χ2v) is 10.3. The number of thioether (sulfide) groups is 1. The second-order valence-electron chi connectivity index (χ2n) is 8.74. The normalized spacial score (nSPS) is 21.7. The largest absolute Gasteiger partial charge is 0.352 e. The minimum atomic E-state index is 0.0111. The number of urea groups is 1. The first-order valence-corrected chi connectivity index (χ1v) is 12.4. The molecule has 0 bridgehead atoms. The summed E-state index contributed by atoms with van der Waals surface area (Å²) in [4.78, 5) is 21.3. The van der Waals surface area contributed by atoms with E-state index in [0.717, 1.165) is 56.2 Å². The molecular weight excluding hydrogens is 394 g/mol. The van der Waals surface area contributed by atoms with E-state index < -0.39 is 0 Å². The van der Waals surface area contributed by atoms with Crippen LogP contribution in [0.2, 0.25) is 0 Å². The maximum atomic E-state index is 12.4. The van der Waals surface area contributed by atoms with E-state index in [9.17, 15) is 4.79 Å². The molecule has 0 aromatic heterocycles. The first-order chi connectivity index (χ1) is 14.7. The fourth-order valence-corrected chi connectivity index (χ4v) is 6.49. The van der Waals surface area contributed by atoms with Crippen LogP contribution in [0, 0.1) is 0 Å². The number of hydrogen-bond donors (Lipinski definition) is 2. The Hall–Kier alpha value is -1.89. The van der Waals surface area contributed by atoms with Crippen molar-refractivity contribution in [1.29, 1.82) is 0 Å². The van der Waals surface area contributed by atoms with Gasteiger partial charge in [-0.1, -0.05) is 31.4 Å². The van der Waals surface area contributed by atoms with Crippen molar-refractivity contribution in [3.63, 3.8) is 0 Å². The van der Waals surface area contributed by atoms with E-state index in [1.807, 2.05) is 24.1 Å². The number of guanidine groups is 1. The zero-order valence-electron chi connectivity index (χ0n) is 18.2. The van der Waals surface area contributed by atoms with E-state index >= 15 is 0 Å². The van der Waals surface area contributed by atoms with Crippen LogP contribution < -0.4 is 10.6 Å². The Balaban J connectivity index is 1.33. The van der Waals surface area contributed by atoms with Gasteiger partial charge in [0.25, 0.3) is 0 Å². The SMILES string of the molecule is CN=C(NCc1cccc(NC(=O)N2CCCC2)c1)N1CCSC2(CCCCC2)C1. The number of carbonyl (C=O) groups excluding carboxylic acids is 1. The van der Waals surface area contributed by atoms with Gasteiger partial charge in [-0.3, -0.25) is 4.99 Å². The maximum absolute atomic E-state index is 12.4. The molecule has 3 fully saturated rings. The quantitative estimate of drug-likeness (QED) is 0.560. The summed E-state index contributed by atoms with van der Waals surface area (Å²) < 4.78 is 0.424. The van der Waals surface area contributed by atoms with Gasteiger partial charge in [0.05, 0.1) is 0 Å². The molecule has 2 N–H and O–H groups in total. The first kappa shape index (κ1) is 21.3. The van der Waals surface area contributed by atoms with Crippen LogP contribution in [0.25, 0.3) is 0 Å². The summed E-state index contributed by atoms with van der Waals surface area (Å²) in [6.07, 6.45) is 9.00. The Morgan fingerprint density at radius 2 is 1.90 bits per heavy atom. The lowest BCUT2D eigenvalue weighted by atomic mass is 9.87. The highest BCUT2D eigenvalue weighted by molar-refractivity contribution is 8.00.